The van der Waals surface area contributed by atoms with E-state index in [4.69, 9.17) is 53.8 Å². The predicted octanol–water partition coefficient (Wildman–Crippen LogP) is 5.50. The summed E-state index contributed by atoms with van der Waals surface area (Å²) in [6.07, 6.45) is 1.98. The van der Waals surface area contributed by atoms with Gasteiger partial charge in [0, 0.05) is 12.2 Å². The topological polar surface area (TPSA) is 91.3 Å². The van der Waals surface area contributed by atoms with Crippen LogP contribution >= 0.6 is 34.8 Å². The van der Waals surface area contributed by atoms with E-state index in [1.165, 1.54) is 18.2 Å². The first-order chi connectivity index (χ1) is 18.0. The van der Waals surface area contributed by atoms with Crippen molar-refractivity contribution in [3.8, 4) is 0 Å². The van der Waals surface area contributed by atoms with E-state index in [-0.39, 0.29) is 13.2 Å². The molecule has 0 aliphatic heterocycles. The highest BCUT2D eigenvalue weighted by Crippen LogP contribution is 2.26. The van der Waals surface area contributed by atoms with Crippen LogP contribution in [-0.2, 0) is 41.8 Å². The molecule has 4 atom stereocenters. The number of hydrogen-bond acceptors (Lipinski definition) is 7. The Morgan fingerprint density at radius 2 is 1.29 bits per heavy atom. The standard InChI is InChI=1S/C28H31Cl3O7/c1-20(32)24(35-17-22-9-5-3-6-10-22)13-16-27(34)38-21(2)25(36-18-23-11-7-4-8-12-23)14-15-26(33)37-19-28(29,30)31/h3-16,20-21,24-25,32H,17-19H2,1-2H3/b15-14+,16-13+/t20-,21-,24+,25+/m1/s1. The Kier molecular flexibility index (Phi) is 13.9. The third kappa shape index (κ3) is 13.4. The summed E-state index contributed by atoms with van der Waals surface area (Å²) in [5.41, 5.74) is 1.82. The Labute approximate surface area is 237 Å². The highest BCUT2D eigenvalue weighted by Gasteiger charge is 2.23. The van der Waals surface area contributed by atoms with Gasteiger partial charge in [-0.2, -0.15) is 0 Å². The van der Waals surface area contributed by atoms with Gasteiger partial charge in [-0.15, -0.1) is 0 Å². The normalized spacial score (nSPS) is 15.2. The molecule has 0 unspecified atom stereocenters. The molecule has 0 fully saturated rings. The molecular formula is C28H31Cl3O7. The summed E-state index contributed by atoms with van der Waals surface area (Å²) in [4.78, 5) is 24.5. The van der Waals surface area contributed by atoms with E-state index in [2.05, 4.69) is 0 Å². The maximum absolute atomic E-state index is 12.5. The number of benzene rings is 2. The number of hydrogen-bond donors (Lipinski definition) is 1. The molecule has 0 heterocycles. The van der Waals surface area contributed by atoms with Crippen molar-refractivity contribution in [3.05, 3.63) is 96.1 Å². The smallest absolute Gasteiger partial charge is 0.330 e. The van der Waals surface area contributed by atoms with E-state index in [1.807, 2.05) is 60.7 Å². The molecule has 206 valence electrons. The second-order valence-electron chi connectivity index (χ2n) is 8.35. The lowest BCUT2D eigenvalue weighted by atomic mass is 10.2. The molecular weight excluding hydrogens is 555 g/mol. The van der Waals surface area contributed by atoms with Crippen molar-refractivity contribution in [2.24, 2.45) is 0 Å². The minimum absolute atomic E-state index is 0.203. The molecule has 2 aromatic carbocycles. The van der Waals surface area contributed by atoms with Crippen LogP contribution in [0, 0.1) is 0 Å². The van der Waals surface area contributed by atoms with Crippen LogP contribution in [0.5, 0.6) is 0 Å². The van der Waals surface area contributed by atoms with Crippen molar-refractivity contribution in [2.45, 2.75) is 55.3 Å². The lowest BCUT2D eigenvalue weighted by Crippen LogP contribution is -2.30. The van der Waals surface area contributed by atoms with E-state index in [0.717, 1.165) is 17.2 Å². The molecule has 10 heteroatoms. The van der Waals surface area contributed by atoms with Gasteiger partial charge in [-0.1, -0.05) is 95.5 Å². The molecule has 0 saturated heterocycles. The van der Waals surface area contributed by atoms with Crippen molar-refractivity contribution in [1.82, 2.24) is 0 Å². The molecule has 0 amide bonds. The van der Waals surface area contributed by atoms with Crippen LogP contribution in [-0.4, -0.2) is 51.9 Å². The third-order valence-corrected chi connectivity index (χ3v) is 5.36. The van der Waals surface area contributed by atoms with Gasteiger partial charge in [-0.05, 0) is 37.1 Å². The van der Waals surface area contributed by atoms with Gasteiger partial charge < -0.3 is 24.1 Å². The molecule has 0 aromatic heterocycles. The number of aliphatic hydroxyl groups is 1. The highest BCUT2D eigenvalue weighted by molar-refractivity contribution is 6.67. The first-order valence-corrected chi connectivity index (χ1v) is 13.0. The van der Waals surface area contributed by atoms with Crippen molar-refractivity contribution >= 4 is 46.7 Å². The Hall–Kier alpha value is -2.39. The lowest BCUT2D eigenvalue weighted by molar-refractivity contribution is -0.148. The van der Waals surface area contributed by atoms with Crippen LogP contribution in [0.25, 0.3) is 0 Å². The van der Waals surface area contributed by atoms with Crippen LogP contribution < -0.4 is 0 Å². The monoisotopic (exact) mass is 584 g/mol. The maximum Gasteiger partial charge on any atom is 0.330 e. The first-order valence-electron chi connectivity index (χ1n) is 11.8. The molecule has 7 nitrogen and oxygen atoms in total. The maximum atomic E-state index is 12.5. The van der Waals surface area contributed by atoms with Crippen molar-refractivity contribution in [2.75, 3.05) is 6.61 Å². The minimum atomic E-state index is -1.74. The number of halogens is 3. The van der Waals surface area contributed by atoms with Gasteiger partial charge in [-0.3, -0.25) is 0 Å². The van der Waals surface area contributed by atoms with Gasteiger partial charge in [0.2, 0.25) is 3.79 Å². The van der Waals surface area contributed by atoms with E-state index >= 15 is 0 Å². The van der Waals surface area contributed by atoms with Gasteiger partial charge in [0.1, 0.15) is 24.9 Å². The molecule has 0 spiro atoms. The average Bonchev–Trinajstić information content (AvgIpc) is 2.88. The second-order valence-corrected chi connectivity index (χ2v) is 10.9. The Morgan fingerprint density at radius 3 is 1.79 bits per heavy atom. The second kappa shape index (κ2) is 16.5. The average molecular weight is 586 g/mol. The molecule has 0 bridgehead atoms. The molecule has 2 rings (SSSR count). The van der Waals surface area contributed by atoms with Gasteiger partial charge in [-0.25, -0.2) is 9.59 Å². The fourth-order valence-electron chi connectivity index (χ4n) is 3.07. The molecule has 38 heavy (non-hydrogen) atoms. The molecule has 0 saturated carbocycles. The van der Waals surface area contributed by atoms with Crippen LogP contribution in [0.2, 0.25) is 0 Å². The quantitative estimate of drug-likeness (QED) is 0.178. The first kappa shape index (κ1) is 31.8. The fourth-order valence-corrected chi connectivity index (χ4v) is 3.24. The fraction of sp³-hybridized carbons (Fsp3) is 0.357. The number of carbonyl (C=O) groups is 2. The van der Waals surface area contributed by atoms with Crippen LogP contribution in [0.3, 0.4) is 0 Å². The summed E-state index contributed by atoms with van der Waals surface area (Å²) in [7, 11) is 0. The molecule has 0 aliphatic rings. The van der Waals surface area contributed by atoms with Crippen LogP contribution in [0.1, 0.15) is 25.0 Å². The summed E-state index contributed by atoms with van der Waals surface area (Å²) in [6.45, 7) is 3.22. The van der Waals surface area contributed by atoms with Crippen LogP contribution in [0.15, 0.2) is 85.0 Å². The summed E-state index contributed by atoms with van der Waals surface area (Å²) < 4.78 is 20.3. The van der Waals surface area contributed by atoms with Gasteiger partial charge in [0.05, 0.1) is 19.3 Å². The number of carbonyl (C=O) groups excluding carboxylic acids is 2. The number of ether oxygens (including phenoxy) is 4. The zero-order valence-electron chi connectivity index (χ0n) is 21.0. The lowest BCUT2D eigenvalue weighted by Gasteiger charge is -2.22. The number of rotatable bonds is 14. The van der Waals surface area contributed by atoms with E-state index in [9.17, 15) is 14.7 Å². The number of aliphatic hydroxyl groups excluding tert-OH is 1. The summed E-state index contributed by atoms with van der Waals surface area (Å²) in [5.74, 6) is -1.43. The van der Waals surface area contributed by atoms with Gasteiger partial charge >= 0.3 is 11.9 Å². The molecule has 0 radical (unpaired) electrons. The Morgan fingerprint density at radius 1 is 0.816 bits per heavy atom. The van der Waals surface area contributed by atoms with Gasteiger partial charge in [0.25, 0.3) is 0 Å². The summed E-state index contributed by atoms with van der Waals surface area (Å²) >= 11 is 16.8. The van der Waals surface area contributed by atoms with Crippen molar-refractivity contribution in [3.63, 3.8) is 0 Å². The SMILES string of the molecule is C[C@@H](O)[C@H](/C=C/C(=O)O[C@H](C)[C@H](/C=C/C(=O)OCC(Cl)(Cl)Cl)OCc1ccccc1)OCc1ccccc1. The summed E-state index contributed by atoms with van der Waals surface area (Å²) in [5, 5.41) is 10.0. The highest BCUT2D eigenvalue weighted by atomic mass is 35.6. The van der Waals surface area contributed by atoms with E-state index in [0.29, 0.717) is 0 Å². The molecule has 1 N–H and O–H groups in total. The largest absolute Gasteiger partial charge is 0.458 e. The van der Waals surface area contributed by atoms with E-state index < -0.39 is 46.8 Å². The molecule has 2 aromatic rings. The Balaban J connectivity index is 2.00. The predicted molar refractivity (Wildman–Crippen MR) is 147 cm³/mol. The zero-order valence-corrected chi connectivity index (χ0v) is 23.3. The van der Waals surface area contributed by atoms with Crippen LogP contribution in [0.4, 0.5) is 0 Å². The Bertz CT molecular complexity index is 1040. The van der Waals surface area contributed by atoms with Gasteiger partial charge in [0.15, 0.2) is 0 Å². The van der Waals surface area contributed by atoms with E-state index in [1.54, 1.807) is 13.8 Å². The third-order valence-electron chi connectivity index (χ3n) is 5.03. The zero-order chi connectivity index (χ0) is 28.0. The summed E-state index contributed by atoms with van der Waals surface area (Å²) in [6, 6.07) is 18.8. The number of alkyl halides is 3. The minimum Gasteiger partial charge on any atom is -0.458 e. The van der Waals surface area contributed by atoms with Crippen molar-refractivity contribution in [1.29, 1.82) is 0 Å². The number of esters is 2. The van der Waals surface area contributed by atoms with Crippen molar-refractivity contribution < 1.29 is 33.6 Å². The molecule has 0 aliphatic carbocycles.